The maximum absolute atomic E-state index is 13.2. The molecule has 0 saturated heterocycles. The van der Waals surface area contributed by atoms with Crippen LogP contribution in [0.5, 0.6) is 0 Å². The van der Waals surface area contributed by atoms with Gasteiger partial charge in [0.2, 0.25) is 5.91 Å². The number of benzene rings is 2. The first-order chi connectivity index (χ1) is 20.7. The summed E-state index contributed by atoms with van der Waals surface area (Å²) in [6.07, 6.45) is 4.25. The van der Waals surface area contributed by atoms with E-state index in [1.165, 1.54) is 24.2 Å². The number of nitrogens with zero attached hydrogens (tertiary/aromatic N) is 7. The molecule has 1 atom stereocenters. The lowest BCUT2D eigenvalue weighted by molar-refractivity contribution is -0.117. The van der Waals surface area contributed by atoms with Crippen LogP contribution in [0.15, 0.2) is 60.9 Å². The third kappa shape index (κ3) is 7.08. The Balaban J connectivity index is 1.41. The molecule has 1 unspecified atom stereocenters. The molecule has 13 nitrogen and oxygen atoms in total. The standard InChI is InChI=1S/C28H26Cl2N10O3/c1-16-12-21(36-39(16)2)14-22(27-34-25(26(30)35-27)17-4-8-20(9-5-17)32-28(42)43-3)33-24(41)11-6-18-13-19(29)7-10-23(18)40-15-31-37-38-40/h4-13,15,22H,14H2,1-3H3,(H,32,42)(H,33,41)(H,34,35)/b11-6+. The number of amides is 2. The number of hydrogen-bond acceptors (Lipinski definition) is 8. The Morgan fingerprint density at radius 3 is 2.60 bits per heavy atom. The molecule has 220 valence electrons. The summed E-state index contributed by atoms with van der Waals surface area (Å²) >= 11 is 12.8. The van der Waals surface area contributed by atoms with Gasteiger partial charge in [-0.2, -0.15) is 9.78 Å². The van der Waals surface area contributed by atoms with Gasteiger partial charge in [-0.15, -0.1) is 5.10 Å². The van der Waals surface area contributed by atoms with Gasteiger partial charge < -0.3 is 15.0 Å². The second-order valence-electron chi connectivity index (χ2n) is 9.44. The largest absolute Gasteiger partial charge is 0.453 e. The minimum absolute atomic E-state index is 0.292. The van der Waals surface area contributed by atoms with E-state index in [9.17, 15) is 9.59 Å². The van der Waals surface area contributed by atoms with E-state index < -0.39 is 12.1 Å². The third-order valence-electron chi connectivity index (χ3n) is 6.49. The van der Waals surface area contributed by atoms with Crippen molar-refractivity contribution in [3.05, 3.63) is 93.9 Å². The molecule has 43 heavy (non-hydrogen) atoms. The molecule has 0 aliphatic rings. The lowest BCUT2D eigenvalue weighted by Crippen LogP contribution is -2.29. The zero-order valence-corrected chi connectivity index (χ0v) is 24.8. The molecule has 3 N–H and O–H groups in total. The number of aromatic amines is 1. The number of tetrazole rings is 1. The number of imidazole rings is 1. The van der Waals surface area contributed by atoms with Crippen LogP contribution in [0.2, 0.25) is 10.2 Å². The predicted octanol–water partition coefficient (Wildman–Crippen LogP) is 4.69. The zero-order chi connectivity index (χ0) is 30.5. The maximum atomic E-state index is 13.2. The first-order valence-corrected chi connectivity index (χ1v) is 13.7. The quantitative estimate of drug-likeness (QED) is 0.200. The molecular formula is C28H26Cl2N10O3. The van der Waals surface area contributed by atoms with Gasteiger partial charge >= 0.3 is 6.09 Å². The summed E-state index contributed by atoms with van der Waals surface area (Å²) in [6, 6.07) is 13.5. The van der Waals surface area contributed by atoms with E-state index in [4.69, 9.17) is 28.2 Å². The minimum Gasteiger partial charge on any atom is -0.453 e. The van der Waals surface area contributed by atoms with E-state index in [0.29, 0.717) is 50.6 Å². The number of nitrogens with one attached hydrogen (secondary N) is 3. The fourth-order valence-corrected chi connectivity index (χ4v) is 4.72. The first-order valence-electron chi connectivity index (χ1n) is 12.9. The molecule has 0 bridgehead atoms. The second kappa shape index (κ2) is 12.9. The number of halogens is 2. The van der Waals surface area contributed by atoms with Gasteiger partial charge in [-0.05, 0) is 59.8 Å². The van der Waals surface area contributed by atoms with Crippen molar-refractivity contribution in [1.29, 1.82) is 0 Å². The lowest BCUT2D eigenvalue weighted by atomic mass is 10.1. The van der Waals surface area contributed by atoms with Crippen molar-refractivity contribution in [3.8, 4) is 16.9 Å². The van der Waals surface area contributed by atoms with Gasteiger partial charge in [0.15, 0.2) is 0 Å². The Hall–Kier alpha value is -5.01. The third-order valence-corrected chi connectivity index (χ3v) is 7.00. The van der Waals surface area contributed by atoms with Crippen LogP contribution in [0.4, 0.5) is 10.5 Å². The van der Waals surface area contributed by atoms with E-state index in [1.807, 2.05) is 20.0 Å². The highest BCUT2D eigenvalue weighted by Crippen LogP contribution is 2.29. The van der Waals surface area contributed by atoms with Gasteiger partial charge in [-0.3, -0.25) is 14.8 Å². The molecule has 5 rings (SSSR count). The van der Waals surface area contributed by atoms with E-state index in [1.54, 1.807) is 53.2 Å². The van der Waals surface area contributed by atoms with Gasteiger partial charge in [-0.25, -0.2) is 9.78 Å². The van der Waals surface area contributed by atoms with Gasteiger partial charge in [-0.1, -0.05) is 35.3 Å². The second-order valence-corrected chi connectivity index (χ2v) is 10.2. The normalized spacial score (nSPS) is 11.9. The van der Waals surface area contributed by atoms with Gasteiger partial charge in [0.05, 0.1) is 24.5 Å². The molecule has 3 heterocycles. The highest BCUT2D eigenvalue weighted by atomic mass is 35.5. The number of hydrogen-bond donors (Lipinski definition) is 3. The van der Waals surface area contributed by atoms with Crippen molar-refractivity contribution in [2.24, 2.45) is 7.05 Å². The molecular weight excluding hydrogens is 595 g/mol. The minimum atomic E-state index is -0.601. The lowest BCUT2D eigenvalue weighted by Gasteiger charge is -2.15. The summed E-state index contributed by atoms with van der Waals surface area (Å²) in [6.45, 7) is 1.95. The number of aromatic nitrogens is 8. The topological polar surface area (TPSA) is 158 Å². The molecule has 2 aromatic carbocycles. The number of H-pyrrole nitrogens is 1. The number of aryl methyl sites for hydroxylation is 2. The van der Waals surface area contributed by atoms with Gasteiger partial charge in [0, 0.05) is 47.1 Å². The molecule has 0 fully saturated rings. The average molecular weight is 621 g/mol. The Bertz CT molecular complexity index is 1760. The van der Waals surface area contributed by atoms with Crippen LogP contribution >= 0.6 is 23.2 Å². The van der Waals surface area contributed by atoms with Crippen LogP contribution in [0.1, 0.15) is 28.8 Å². The SMILES string of the molecule is COC(=O)Nc1ccc(-c2nc(C(Cc3cc(C)n(C)n3)NC(=O)/C=C/c3cc(Cl)ccc3-n3cnnn3)[nH]c2Cl)cc1. The van der Waals surface area contributed by atoms with Crippen LogP contribution in [-0.2, 0) is 23.0 Å². The van der Waals surface area contributed by atoms with Crippen LogP contribution < -0.4 is 10.6 Å². The fraction of sp³-hybridized carbons (Fsp3) is 0.179. The zero-order valence-electron chi connectivity index (χ0n) is 23.2. The van der Waals surface area contributed by atoms with Crippen molar-refractivity contribution >= 4 is 47.0 Å². The Morgan fingerprint density at radius 2 is 1.93 bits per heavy atom. The van der Waals surface area contributed by atoms with Gasteiger partial charge in [0.1, 0.15) is 23.0 Å². The summed E-state index contributed by atoms with van der Waals surface area (Å²) in [5, 5.41) is 22.2. The monoisotopic (exact) mass is 620 g/mol. The predicted molar refractivity (Wildman–Crippen MR) is 161 cm³/mol. The molecule has 3 aromatic heterocycles. The molecule has 0 aliphatic heterocycles. The highest BCUT2D eigenvalue weighted by Gasteiger charge is 2.22. The summed E-state index contributed by atoms with van der Waals surface area (Å²) in [5.74, 6) is 0.0616. The average Bonchev–Trinajstić information content (AvgIpc) is 3.73. The van der Waals surface area contributed by atoms with Crippen molar-refractivity contribution in [1.82, 2.24) is 45.3 Å². The Kier molecular flexibility index (Phi) is 8.83. The summed E-state index contributed by atoms with van der Waals surface area (Å²) in [7, 11) is 3.14. The van der Waals surface area contributed by atoms with Crippen LogP contribution in [0.25, 0.3) is 23.0 Å². The van der Waals surface area contributed by atoms with Crippen molar-refractivity contribution < 1.29 is 14.3 Å². The number of carbonyl (C=O) groups excluding carboxylic acids is 2. The Morgan fingerprint density at radius 1 is 1.14 bits per heavy atom. The molecule has 15 heteroatoms. The summed E-state index contributed by atoms with van der Waals surface area (Å²) in [4.78, 5) is 32.6. The number of carbonyl (C=O) groups is 2. The van der Waals surface area contributed by atoms with Crippen LogP contribution in [0.3, 0.4) is 0 Å². The first kappa shape index (κ1) is 29.5. The van der Waals surface area contributed by atoms with Crippen LogP contribution in [-0.4, -0.2) is 59.1 Å². The molecule has 0 saturated carbocycles. The molecule has 0 aliphatic carbocycles. The van der Waals surface area contributed by atoms with Crippen molar-refractivity contribution in [2.45, 2.75) is 19.4 Å². The number of methoxy groups -OCH3 is 1. The smallest absolute Gasteiger partial charge is 0.411 e. The fourth-order valence-electron chi connectivity index (χ4n) is 4.29. The van der Waals surface area contributed by atoms with Gasteiger partial charge in [0.25, 0.3) is 0 Å². The van der Waals surface area contributed by atoms with E-state index in [2.05, 4.69) is 41.0 Å². The molecule has 5 aromatic rings. The number of ether oxygens (including phenoxy) is 1. The Labute approximate surface area is 255 Å². The number of rotatable bonds is 9. The highest BCUT2D eigenvalue weighted by molar-refractivity contribution is 6.32. The summed E-state index contributed by atoms with van der Waals surface area (Å²) < 4.78 is 7.87. The van der Waals surface area contributed by atoms with E-state index >= 15 is 0 Å². The maximum Gasteiger partial charge on any atom is 0.411 e. The van der Waals surface area contributed by atoms with E-state index in [0.717, 1.165) is 11.4 Å². The van der Waals surface area contributed by atoms with E-state index in [-0.39, 0.29) is 5.91 Å². The summed E-state index contributed by atoms with van der Waals surface area (Å²) in [5.41, 5.74) is 4.76. The van der Waals surface area contributed by atoms with Crippen molar-refractivity contribution in [2.75, 3.05) is 12.4 Å². The number of anilines is 1. The van der Waals surface area contributed by atoms with Crippen molar-refractivity contribution in [3.63, 3.8) is 0 Å². The molecule has 0 spiro atoms. The van der Waals surface area contributed by atoms with Crippen LogP contribution in [0, 0.1) is 6.92 Å². The molecule has 2 amide bonds. The molecule has 0 radical (unpaired) electrons.